The Kier molecular flexibility index (Phi) is 3.36. The zero-order chi connectivity index (χ0) is 13.4. The van der Waals surface area contributed by atoms with Gasteiger partial charge in [-0.3, -0.25) is 4.79 Å². The van der Waals surface area contributed by atoms with Gasteiger partial charge in [-0.1, -0.05) is 49.9 Å². The van der Waals surface area contributed by atoms with E-state index in [9.17, 15) is 4.79 Å². The first-order valence-corrected chi connectivity index (χ1v) is 7.80. The van der Waals surface area contributed by atoms with Crippen molar-refractivity contribution in [1.82, 2.24) is 0 Å². The molecule has 0 N–H and O–H groups in total. The smallest absolute Gasteiger partial charge is 0.173 e. The van der Waals surface area contributed by atoms with E-state index in [0.29, 0.717) is 6.42 Å². The number of thioether (sulfide) groups is 1. The Morgan fingerprint density at radius 3 is 2.79 bits per heavy atom. The van der Waals surface area contributed by atoms with Gasteiger partial charge in [0.1, 0.15) is 0 Å². The first kappa shape index (κ1) is 12.7. The van der Waals surface area contributed by atoms with Crippen molar-refractivity contribution in [2.75, 3.05) is 0 Å². The van der Waals surface area contributed by atoms with Crippen LogP contribution in [0.2, 0.25) is 0 Å². The second-order valence-electron chi connectivity index (χ2n) is 5.11. The largest absolute Gasteiger partial charge is 0.293 e. The van der Waals surface area contributed by atoms with Crippen molar-refractivity contribution in [2.45, 2.75) is 44.4 Å². The van der Waals surface area contributed by atoms with E-state index in [1.54, 1.807) is 11.8 Å². The third-order valence-electron chi connectivity index (χ3n) is 3.84. The van der Waals surface area contributed by atoms with Crippen LogP contribution in [0, 0.1) is 0 Å². The summed E-state index contributed by atoms with van der Waals surface area (Å²) in [5.74, 6) is 0.287. The highest BCUT2D eigenvalue weighted by Crippen LogP contribution is 2.43. The normalized spacial score (nSPS) is 17.5. The van der Waals surface area contributed by atoms with Crippen LogP contribution in [-0.2, 0) is 24.1 Å². The van der Waals surface area contributed by atoms with Gasteiger partial charge in [0.15, 0.2) is 5.78 Å². The number of carbonyl (C=O) groups excluding carboxylic acids is 1. The number of allylic oxidation sites excluding steroid dienone is 4. The molecule has 1 aromatic rings. The summed E-state index contributed by atoms with van der Waals surface area (Å²) in [6, 6.07) is 4.62. The van der Waals surface area contributed by atoms with E-state index in [1.165, 1.54) is 27.2 Å². The van der Waals surface area contributed by atoms with Crippen molar-refractivity contribution in [3.8, 4) is 0 Å². The van der Waals surface area contributed by atoms with Crippen LogP contribution in [0.25, 0.3) is 0 Å². The molecule has 2 heteroatoms. The molecule has 0 amide bonds. The van der Waals surface area contributed by atoms with Crippen molar-refractivity contribution >= 4 is 17.5 Å². The molecule has 0 bridgehead atoms. The van der Waals surface area contributed by atoms with E-state index in [-0.39, 0.29) is 5.78 Å². The highest BCUT2D eigenvalue weighted by atomic mass is 32.2. The third kappa shape index (κ3) is 2.18. The molecule has 1 nitrogen and oxygen atoms in total. The summed E-state index contributed by atoms with van der Waals surface area (Å²) in [5.41, 5.74) is 5.42. The SMILES string of the molecule is CCc1cc(CC)c2c(c1)CC1=C(S2)C(=O)CC=C1. The van der Waals surface area contributed by atoms with Gasteiger partial charge in [0.05, 0.1) is 4.91 Å². The molecule has 19 heavy (non-hydrogen) atoms. The van der Waals surface area contributed by atoms with Crippen LogP contribution >= 0.6 is 11.8 Å². The summed E-state index contributed by atoms with van der Waals surface area (Å²) in [4.78, 5) is 14.3. The van der Waals surface area contributed by atoms with Crippen LogP contribution in [0.3, 0.4) is 0 Å². The van der Waals surface area contributed by atoms with Crippen LogP contribution in [0.15, 0.2) is 39.7 Å². The summed E-state index contributed by atoms with van der Waals surface area (Å²) in [6.07, 6.45) is 7.73. The van der Waals surface area contributed by atoms with E-state index in [0.717, 1.165) is 24.2 Å². The zero-order valence-corrected chi connectivity index (χ0v) is 12.3. The quantitative estimate of drug-likeness (QED) is 0.799. The number of fused-ring (bicyclic) bond motifs is 1. The first-order chi connectivity index (χ1) is 9.22. The lowest BCUT2D eigenvalue weighted by Crippen LogP contribution is -2.12. The third-order valence-corrected chi connectivity index (χ3v) is 5.27. The molecule has 0 spiro atoms. The van der Waals surface area contributed by atoms with Gasteiger partial charge in [0.2, 0.25) is 0 Å². The Balaban J connectivity index is 2.09. The fourth-order valence-corrected chi connectivity index (χ4v) is 4.05. The number of rotatable bonds is 2. The summed E-state index contributed by atoms with van der Waals surface area (Å²) in [5, 5.41) is 0. The van der Waals surface area contributed by atoms with Gasteiger partial charge in [0, 0.05) is 11.3 Å². The molecule has 0 aromatic heterocycles. The number of hydrogen-bond donors (Lipinski definition) is 0. The predicted molar refractivity (Wildman–Crippen MR) is 80.5 cm³/mol. The number of Topliss-reactive ketones (excluding diaryl/α,β-unsaturated/α-hetero) is 1. The van der Waals surface area contributed by atoms with Crippen molar-refractivity contribution in [1.29, 1.82) is 0 Å². The molecular weight excluding hydrogens is 252 g/mol. The predicted octanol–water partition coefficient (Wildman–Crippen LogP) is 4.24. The van der Waals surface area contributed by atoms with Crippen LogP contribution in [0.1, 0.15) is 37.0 Å². The molecule has 98 valence electrons. The maximum atomic E-state index is 12.0. The van der Waals surface area contributed by atoms with Crippen LogP contribution in [-0.4, -0.2) is 5.78 Å². The van der Waals surface area contributed by atoms with Crippen LogP contribution in [0.5, 0.6) is 0 Å². The molecule has 1 aromatic carbocycles. The van der Waals surface area contributed by atoms with Gasteiger partial charge in [-0.15, -0.1) is 0 Å². The second-order valence-corrected chi connectivity index (χ2v) is 6.13. The monoisotopic (exact) mass is 270 g/mol. The van der Waals surface area contributed by atoms with Crippen molar-refractivity contribution < 1.29 is 4.79 Å². The molecule has 2 aliphatic rings. The minimum Gasteiger partial charge on any atom is -0.293 e. The molecule has 3 rings (SSSR count). The lowest BCUT2D eigenvalue weighted by atomic mass is 9.94. The van der Waals surface area contributed by atoms with Crippen molar-refractivity contribution in [3.63, 3.8) is 0 Å². The molecule has 1 heterocycles. The minimum atomic E-state index is 0.287. The van der Waals surface area contributed by atoms with Gasteiger partial charge in [-0.25, -0.2) is 0 Å². The van der Waals surface area contributed by atoms with Crippen LogP contribution in [0.4, 0.5) is 0 Å². The van der Waals surface area contributed by atoms with Crippen molar-refractivity contribution in [3.05, 3.63) is 51.5 Å². The Bertz CT molecular complexity index is 608. The van der Waals surface area contributed by atoms with Crippen LogP contribution < -0.4 is 0 Å². The lowest BCUT2D eigenvalue weighted by Gasteiger charge is -2.25. The average molecular weight is 270 g/mol. The minimum absolute atomic E-state index is 0.287. The highest BCUT2D eigenvalue weighted by Gasteiger charge is 2.25. The summed E-state index contributed by atoms with van der Waals surface area (Å²) in [6.45, 7) is 4.40. The molecule has 0 saturated carbocycles. The molecule has 0 radical (unpaired) electrons. The Labute approximate surface area is 118 Å². The number of ketones is 1. The van der Waals surface area contributed by atoms with Gasteiger partial charge in [-0.2, -0.15) is 0 Å². The number of aryl methyl sites for hydroxylation is 2. The fraction of sp³-hybridized carbons (Fsp3) is 0.353. The molecule has 0 atom stereocenters. The maximum absolute atomic E-state index is 12.0. The van der Waals surface area contributed by atoms with Gasteiger partial charge >= 0.3 is 0 Å². The Hall–Kier alpha value is -1.28. The highest BCUT2D eigenvalue weighted by molar-refractivity contribution is 8.04. The molecule has 1 aliphatic heterocycles. The first-order valence-electron chi connectivity index (χ1n) is 6.98. The zero-order valence-electron chi connectivity index (χ0n) is 11.5. The summed E-state index contributed by atoms with van der Waals surface area (Å²) < 4.78 is 0. The van der Waals surface area contributed by atoms with E-state index in [2.05, 4.69) is 32.1 Å². The van der Waals surface area contributed by atoms with E-state index in [4.69, 9.17) is 0 Å². The molecule has 0 saturated heterocycles. The summed E-state index contributed by atoms with van der Waals surface area (Å²) >= 11 is 1.70. The number of hydrogen-bond acceptors (Lipinski definition) is 2. The van der Waals surface area contributed by atoms with Gasteiger partial charge in [0.25, 0.3) is 0 Å². The van der Waals surface area contributed by atoms with Gasteiger partial charge in [-0.05, 0) is 41.5 Å². The molecule has 0 unspecified atom stereocenters. The number of benzene rings is 1. The van der Waals surface area contributed by atoms with E-state index >= 15 is 0 Å². The maximum Gasteiger partial charge on any atom is 0.173 e. The summed E-state index contributed by atoms with van der Waals surface area (Å²) in [7, 11) is 0. The fourth-order valence-electron chi connectivity index (χ4n) is 2.78. The van der Waals surface area contributed by atoms with Gasteiger partial charge < -0.3 is 0 Å². The molecular formula is C17H18OS. The molecule has 1 aliphatic carbocycles. The van der Waals surface area contributed by atoms with E-state index < -0.39 is 0 Å². The average Bonchev–Trinajstić information content (AvgIpc) is 2.44. The second kappa shape index (κ2) is 5.01. The Morgan fingerprint density at radius 1 is 1.21 bits per heavy atom. The number of carbonyl (C=O) groups is 1. The topological polar surface area (TPSA) is 17.1 Å². The van der Waals surface area contributed by atoms with E-state index in [1.807, 2.05) is 6.08 Å². The Morgan fingerprint density at radius 2 is 2.05 bits per heavy atom. The lowest BCUT2D eigenvalue weighted by molar-refractivity contribution is -0.114. The van der Waals surface area contributed by atoms with Crippen molar-refractivity contribution in [2.24, 2.45) is 0 Å². The molecule has 0 fully saturated rings. The standard InChI is InChI=1S/C17H18OS/c1-3-11-8-12(4-2)16-14(9-11)10-13-6-5-7-15(18)17(13)19-16/h5-6,8-9H,3-4,7,10H2,1-2H3.